The zero-order valence-corrected chi connectivity index (χ0v) is 14.3. The van der Waals surface area contributed by atoms with Crippen molar-refractivity contribution < 1.29 is 0 Å². The van der Waals surface area contributed by atoms with E-state index in [9.17, 15) is 0 Å². The van der Waals surface area contributed by atoms with Crippen LogP contribution in [0.15, 0.2) is 42.5 Å². The number of aryl methyl sites for hydroxylation is 1. The summed E-state index contributed by atoms with van der Waals surface area (Å²) < 4.78 is 0. The fourth-order valence-corrected chi connectivity index (χ4v) is 3.38. The predicted molar refractivity (Wildman–Crippen MR) is 97.7 cm³/mol. The Labute approximate surface area is 139 Å². The summed E-state index contributed by atoms with van der Waals surface area (Å²) in [5.41, 5.74) is 12.7. The van der Waals surface area contributed by atoms with Crippen molar-refractivity contribution in [3.8, 4) is 0 Å². The lowest BCUT2D eigenvalue weighted by Gasteiger charge is -2.37. The molecule has 0 amide bonds. The number of rotatable bonds is 4. The summed E-state index contributed by atoms with van der Waals surface area (Å²) >= 11 is 0. The van der Waals surface area contributed by atoms with E-state index in [0.717, 1.165) is 32.7 Å². The Morgan fingerprint density at radius 2 is 1.57 bits per heavy atom. The Kier molecular flexibility index (Phi) is 4.99. The number of anilines is 1. The first-order chi connectivity index (χ1) is 11.2. The summed E-state index contributed by atoms with van der Waals surface area (Å²) in [6.07, 6.45) is 0. The topological polar surface area (TPSA) is 32.5 Å². The van der Waals surface area contributed by atoms with Crippen molar-refractivity contribution in [3.05, 3.63) is 64.7 Å². The van der Waals surface area contributed by atoms with Crippen LogP contribution in [0.2, 0.25) is 0 Å². The van der Waals surface area contributed by atoms with Crippen LogP contribution in [-0.2, 0) is 13.1 Å². The molecule has 0 aromatic heterocycles. The number of hydrogen-bond acceptors (Lipinski definition) is 3. The molecular weight excluding hydrogens is 282 g/mol. The lowest BCUT2D eigenvalue weighted by molar-refractivity contribution is 0.249. The second-order valence-electron chi connectivity index (χ2n) is 6.46. The highest BCUT2D eigenvalue weighted by atomic mass is 15.3. The maximum atomic E-state index is 5.86. The average Bonchev–Trinajstić information content (AvgIpc) is 2.59. The normalized spacial score (nSPS) is 15.9. The summed E-state index contributed by atoms with van der Waals surface area (Å²) in [4.78, 5) is 5.06. The molecule has 0 unspecified atom stereocenters. The molecule has 0 bridgehead atoms. The first-order valence-electron chi connectivity index (χ1n) is 8.49. The molecule has 0 aliphatic carbocycles. The quantitative estimate of drug-likeness (QED) is 0.942. The highest BCUT2D eigenvalue weighted by Crippen LogP contribution is 2.24. The van der Waals surface area contributed by atoms with E-state index in [1.165, 1.54) is 27.9 Å². The van der Waals surface area contributed by atoms with Gasteiger partial charge in [-0.15, -0.1) is 0 Å². The summed E-state index contributed by atoms with van der Waals surface area (Å²) in [7, 11) is 0. The van der Waals surface area contributed by atoms with Crippen LogP contribution in [0.3, 0.4) is 0 Å². The summed E-state index contributed by atoms with van der Waals surface area (Å²) in [6.45, 7) is 10.4. The Hall–Kier alpha value is -1.84. The smallest absolute Gasteiger partial charge is 0.0399 e. The van der Waals surface area contributed by atoms with Gasteiger partial charge in [0.05, 0.1) is 0 Å². The second-order valence-corrected chi connectivity index (χ2v) is 6.46. The van der Waals surface area contributed by atoms with Crippen LogP contribution in [0.1, 0.15) is 22.3 Å². The third-order valence-electron chi connectivity index (χ3n) is 5.02. The van der Waals surface area contributed by atoms with Crippen molar-refractivity contribution in [1.29, 1.82) is 0 Å². The lowest BCUT2D eigenvalue weighted by Crippen LogP contribution is -2.46. The monoisotopic (exact) mass is 309 g/mol. The van der Waals surface area contributed by atoms with Crippen molar-refractivity contribution in [3.63, 3.8) is 0 Å². The minimum absolute atomic E-state index is 0.624. The molecule has 122 valence electrons. The number of piperazine rings is 1. The third-order valence-corrected chi connectivity index (χ3v) is 5.02. The van der Waals surface area contributed by atoms with Gasteiger partial charge in [-0.25, -0.2) is 0 Å². The highest BCUT2D eigenvalue weighted by Gasteiger charge is 2.19. The number of hydrogen-bond donors (Lipinski definition) is 1. The van der Waals surface area contributed by atoms with Crippen LogP contribution in [0.4, 0.5) is 5.69 Å². The first-order valence-corrected chi connectivity index (χ1v) is 8.49. The van der Waals surface area contributed by atoms with E-state index in [1.54, 1.807) is 0 Å². The molecule has 3 heteroatoms. The van der Waals surface area contributed by atoms with Gasteiger partial charge in [-0.05, 0) is 42.2 Å². The van der Waals surface area contributed by atoms with Crippen LogP contribution in [0.5, 0.6) is 0 Å². The molecule has 3 rings (SSSR count). The van der Waals surface area contributed by atoms with E-state index in [-0.39, 0.29) is 0 Å². The molecule has 0 spiro atoms. The van der Waals surface area contributed by atoms with Crippen molar-refractivity contribution in [2.45, 2.75) is 26.9 Å². The van der Waals surface area contributed by atoms with Crippen molar-refractivity contribution in [1.82, 2.24) is 4.90 Å². The van der Waals surface area contributed by atoms with Crippen LogP contribution < -0.4 is 10.6 Å². The maximum Gasteiger partial charge on any atom is 0.0399 e. The Morgan fingerprint density at radius 3 is 2.26 bits per heavy atom. The van der Waals surface area contributed by atoms with E-state index in [4.69, 9.17) is 5.73 Å². The van der Waals surface area contributed by atoms with Gasteiger partial charge in [0.15, 0.2) is 0 Å². The lowest BCUT2D eigenvalue weighted by atomic mass is 10.1. The highest BCUT2D eigenvalue weighted by molar-refractivity contribution is 5.56. The third kappa shape index (κ3) is 3.57. The van der Waals surface area contributed by atoms with E-state index < -0.39 is 0 Å². The summed E-state index contributed by atoms with van der Waals surface area (Å²) in [6, 6.07) is 15.1. The van der Waals surface area contributed by atoms with Crippen LogP contribution in [-0.4, -0.2) is 31.1 Å². The van der Waals surface area contributed by atoms with Crippen molar-refractivity contribution in [2.24, 2.45) is 5.73 Å². The van der Waals surface area contributed by atoms with Gasteiger partial charge in [0, 0.05) is 45.0 Å². The molecule has 23 heavy (non-hydrogen) atoms. The standard InChI is InChI=1S/C20H27N3/c1-16-6-5-9-20(17(16)2)23-12-10-22(11-13-23)15-19-8-4-3-7-18(19)14-21/h3-9H,10-15,21H2,1-2H3. The molecule has 0 saturated carbocycles. The van der Waals surface area contributed by atoms with Gasteiger partial charge >= 0.3 is 0 Å². The van der Waals surface area contributed by atoms with Gasteiger partial charge in [0.1, 0.15) is 0 Å². The van der Waals surface area contributed by atoms with Gasteiger partial charge < -0.3 is 10.6 Å². The number of benzene rings is 2. The van der Waals surface area contributed by atoms with Crippen LogP contribution >= 0.6 is 0 Å². The fourth-order valence-electron chi connectivity index (χ4n) is 3.38. The van der Waals surface area contributed by atoms with Gasteiger partial charge in [-0.1, -0.05) is 36.4 Å². The second kappa shape index (κ2) is 7.16. The largest absolute Gasteiger partial charge is 0.369 e. The van der Waals surface area contributed by atoms with Gasteiger partial charge in [-0.2, -0.15) is 0 Å². The van der Waals surface area contributed by atoms with E-state index in [0.29, 0.717) is 6.54 Å². The first kappa shape index (κ1) is 16.0. The average molecular weight is 309 g/mol. The van der Waals surface area contributed by atoms with Crippen molar-refractivity contribution in [2.75, 3.05) is 31.1 Å². The van der Waals surface area contributed by atoms with Crippen LogP contribution in [0.25, 0.3) is 0 Å². The Bertz CT molecular complexity index is 658. The predicted octanol–water partition coefficient (Wildman–Crippen LogP) is 3.08. The molecular formula is C20H27N3. The Balaban J connectivity index is 1.63. The summed E-state index contributed by atoms with van der Waals surface area (Å²) in [5.74, 6) is 0. The van der Waals surface area contributed by atoms with E-state index >= 15 is 0 Å². The molecule has 0 radical (unpaired) electrons. The van der Waals surface area contributed by atoms with Gasteiger partial charge in [0.2, 0.25) is 0 Å². The van der Waals surface area contributed by atoms with Gasteiger partial charge in [-0.3, -0.25) is 4.90 Å². The number of nitrogens with two attached hydrogens (primary N) is 1. The van der Waals surface area contributed by atoms with Crippen molar-refractivity contribution >= 4 is 5.69 Å². The minimum atomic E-state index is 0.624. The zero-order valence-electron chi connectivity index (χ0n) is 14.3. The molecule has 0 atom stereocenters. The molecule has 3 nitrogen and oxygen atoms in total. The maximum absolute atomic E-state index is 5.86. The van der Waals surface area contributed by atoms with E-state index in [2.05, 4.69) is 66.1 Å². The van der Waals surface area contributed by atoms with Crippen LogP contribution in [0, 0.1) is 13.8 Å². The molecule has 1 heterocycles. The molecule has 2 aromatic carbocycles. The molecule has 1 aliphatic heterocycles. The molecule has 1 saturated heterocycles. The fraction of sp³-hybridized carbons (Fsp3) is 0.400. The van der Waals surface area contributed by atoms with E-state index in [1.807, 2.05) is 0 Å². The Morgan fingerprint density at radius 1 is 0.870 bits per heavy atom. The molecule has 2 N–H and O–H groups in total. The molecule has 1 aliphatic rings. The molecule has 1 fully saturated rings. The SMILES string of the molecule is Cc1cccc(N2CCN(Cc3ccccc3CN)CC2)c1C. The molecule has 2 aromatic rings. The summed E-state index contributed by atoms with van der Waals surface area (Å²) in [5, 5.41) is 0. The minimum Gasteiger partial charge on any atom is -0.369 e. The van der Waals surface area contributed by atoms with Gasteiger partial charge in [0.25, 0.3) is 0 Å². The zero-order chi connectivity index (χ0) is 16.2. The number of nitrogens with zero attached hydrogens (tertiary/aromatic N) is 2.